The number of rotatable bonds is 2. The van der Waals surface area contributed by atoms with Crippen LogP contribution >= 0.6 is 0 Å². The first-order valence-corrected chi connectivity index (χ1v) is 6.35. The molecule has 0 radical (unpaired) electrons. The maximum Gasteiger partial charge on any atom is 0.308 e. The summed E-state index contributed by atoms with van der Waals surface area (Å²) in [5.74, 6) is 0.0799. The van der Waals surface area contributed by atoms with Crippen LogP contribution in [-0.2, 0) is 16.9 Å². The van der Waals surface area contributed by atoms with E-state index in [1.165, 1.54) is 12.5 Å². The Labute approximate surface area is 95.3 Å². The van der Waals surface area contributed by atoms with Gasteiger partial charge in [0.2, 0.25) is 0 Å². The van der Waals surface area contributed by atoms with Crippen molar-refractivity contribution >= 4 is 22.2 Å². The molecule has 0 fully saturated rings. The van der Waals surface area contributed by atoms with Crippen LogP contribution in [0.5, 0.6) is 0 Å². The van der Waals surface area contributed by atoms with Gasteiger partial charge in [0.15, 0.2) is 5.75 Å². The molecule has 1 unspecified atom stereocenters. The second kappa shape index (κ2) is 4.15. The lowest BCUT2D eigenvalue weighted by Crippen LogP contribution is -2.42. The molecule has 0 bridgehead atoms. The standard InChI is InChI=1S/C10H10N2O3S/c1-16(15)7-8-6-11(13)9-4-2-3-5-10(9)12(8)14/h2-6H,7H2,1H3. The predicted octanol–water partition coefficient (Wildman–Crippen LogP) is -0.0149. The lowest BCUT2D eigenvalue weighted by Gasteiger charge is -2.08. The predicted molar refractivity (Wildman–Crippen MR) is 59.6 cm³/mol. The highest BCUT2D eigenvalue weighted by Gasteiger charge is 2.21. The van der Waals surface area contributed by atoms with Crippen molar-refractivity contribution in [3.05, 3.63) is 46.6 Å². The molecular weight excluding hydrogens is 228 g/mol. The van der Waals surface area contributed by atoms with Crippen LogP contribution in [0.2, 0.25) is 0 Å². The molecule has 1 aromatic heterocycles. The third-order valence-corrected chi connectivity index (χ3v) is 2.92. The summed E-state index contributed by atoms with van der Waals surface area (Å²) < 4.78 is 12.3. The smallest absolute Gasteiger partial charge is 0.308 e. The molecule has 5 nitrogen and oxygen atoms in total. The molecule has 1 aromatic carbocycles. The molecule has 0 amide bonds. The quantitative estimate of drug-likeness (QED) is 0.419. The molecule has 0 N–H and O–H groups in total. The van der Waals surface area contributed by atoms with E-state index in [0.717, 1.165) is 0 Å². The van der Waals surface area contributed by atoms with Crippen molar-refractivity contribution in [2.24, 2.45) is 0 Å². The molecule has 6 heteroatoms. The monoisotopic (exact) mass is 238 g/mol. The fourth-order valence-electron chi connectivity index (χ4n) is 1.54. The third kappa shape index (κ3) is 1.89. The number of para-hydroxylation sites is 2. The molecule has 16 heavy (non-hydrogen) atoms. The van der Waals surface area contributed by atoms with E-state index in [2.05, 4.69) is 0 Å². The highest BCUT2D eigenvalue weighted by atomic mass is 32.2. The van der Waals surface area contributed by atoms with Gasteiger partial charge >= 0.3 is 5.69 Å². The highest BCUT2D eigenvalue weighted by Crippen LogP contribution is 2.06. The van der Waals surface area contributed by atoms with Gasteiger partial charge in [0.1, 0.15) is 0 Å². The first-order chi connectivity index (χ1) is 7.59. The van der Waals surface area contributed by atoms with E-state index in [9.17, 15) is 15.0 Å². The Morgan fingerprint density at radius 3 is 2.44 bits per heavy atom. The zero-order chi connectivity index (χ0) is 11.7. The molecule has 0 saturated heterocycles. The zero-order valence-corrected chi connectivity index (χ0v) is 9.44. The molecule has 0 saturated carbocycles. The average Bonchev–Trinajstić information content (AvgIpc) is 2.25. The minimum Gasteiger partial charge on any atom is -0.618 e. The van der Waals surface area contributed by atoms with Gasteiger partial charge < -0.3 is 15.0 Å². The second-order valence-electron chi connectivity index (χ2n) is 3.45. The SMILES string of the molecule is C[S+]([O-])Cc1c[n+]([O-])c2ccccc2[n+]1[O-]. The van der Waals surface area contributed by atoms with Crippen LogP contribution in [0.25, 0.3) is 11.0 Å². The zero-order valence-electron chi connectivity index (χ0n) is 8.62. The second-order valence-corrected chi connectivity index (χ2v) is 4.88. The Morgan fingerprint density at radius 2 is 1.81 bits per heavy atom. The molecule has 84 valence electrons. The van der Waals surface area contributed by atoms with Crippen LogP contribution in [0.1, 0.15) is 5.69 Å². The van der Waals surface area contributed by atoms with E-state index in [0.29, 0.717) is 20.5 Å². The first kappa shape index (κ1) is 11.0. The van der Waals surface area contributed by atoms with E-state index >= 15 is 0 Å². The van der Waals surface area contributed by atoms with Crippen LogP contribution < -0.4 is 9.46 Å². The summed E-state index contributed by atoms with van der Waals surface area (Å²) in [7, 11) is 0. The summed E-state index contributed by atoms with van der Waals surface area (Å²) in [6.07, 6.45) is 2.67. The van der Waals surface area contributed by atoms with Gasteiger partial charge in [0.25, 0.3) is 17.2 Å². The van der Waals surface area contributed by atoms with Gasteiger partial charge in [-0.05, 0) is 11.2 Å². The molecule has 0 aliphatic carbocycles. The molecular formula is C10H10N2O3S. The van der Waals surface area contributed by atoms with Gasteiger partial charge in [-0.1, -0.05) is 12.1 Å². The number of hydrogen-bond donors (Lipinski definition) is 0. The molecule has 1 atom stereocenters. The van der Waals surface area contributed by atoms with Crippen LogP contribution in [-0.4, -0.2) is 10.8 Å². The molecule has 2 rings (SSSR count). The fourth-order valence-corrected chi connectivity index (χ4v) is 2.15. The van der Waals surface area contributed by atoms with Gasteiger partial charge in [0.05, 0.1) is 6.26 Å². The van der Waals surface area contributed by atoms with Gasteiger partial charge in [-0.2, -0.15) is 9.46 Å². The Bertz CT molecular complexity index is 531. The van der Waals surface area contributed by atoms with E-state index in [1.54, 1.807) is 24.3 Å². The molecule has 0 spiro atoms. The van der Waals surface area contributed by atoms with E-state index in [-0.39, 0.29) is 11.4 Å². The van der Waals surface area contributed by atoms with Gasteiger partial charge in [-0.15, -0.1) is 0 Å². The summed E-state index contributed by atoms with van der Waals surface area (Å²) in [5.41, 5.74) is 0.818. The Morgan fingerprint density at radius 1 is 1.19 bits per heavy atom. The highest BCUT2D eigenvalue weighted by molar-refractivity contribution is 7.89. The lowest BCUT2D eigenvalue weighted by molar-refractivity contribution is -0.634. The van der Waals surface area contributed by atoms with Crippen LogP contribution in [0.15, 0.2) is 30.5 Å². The topological polar surface area (TPSA) is 76.9 Å². The van der Waals surface area contributed by atoms with Crippen LogP contribution in [0, 0.1) is 10.4 Å². The Kier molecular flexibility index (Phi) is 2.84. The van der Waals surface area contributed by atoms with Crippen molar-refractivity contribution in [3.63, 3.8) is 0 Å². The maximum atomic E-state index is 11.8. The Hall–Kier alpha value is -1.53. The van der Waals surface area contributed by atoms with Gasteiger partial charge in [-0.3, -0.25) is 0 Å². The number of benzene rings is 1. The largest absolute Gasteiger partial charge is 0.618 e. The third-order valence-electron chi connectivity index (χ3n) is 2.22. The van der Waals surface area contributed by atoms with Crippen molar-refractivity contribution in [3.8, 4) is 0 Å². The van der Waals surface area contributed by atoms with Crippen molar-refractivity contribution in [2.75, 3.05) is 6.26 Å². The van der Waals surface area contributed by atoms with Crippen LogP contribution in [0.3, 0.4) is 0 Å². The van der Waals surface area contributed by atoms with Crippen molar-refractivity contribution in [2.45, 2.75) is 5.75 Å². The maximum absolute atomic E-state index is 11.8. The fraction of sp³-hybridized carbons (Fsp3) is 0.200. The summed E-state index contributed by atoms with van der Waals surface area (Å²) in [5, 5.41) is 23.4. The normalized spacial score (nSPS) is 12.9. The summed E-state index contributed by atoms with van der Waals surface area (Å²) in [4.78, 5) is 0. The molecule has 0 aliphatic rings. The number of fused-ring (bicyclic) bond motifs is 1. The first-order valence-electron chi connectivity index (χ1n) is 4.63. The van der Waals surface area contributed by atoms with Crippen molar-refractivity contribution < 1.29 is 14.0 Å². The van der Waals surface area contributed by atoms with Gasteiger partial charge in [-0.25, -0.2) is 0 Å². The molecule has 2 aromatic rings. The summed E-state index contributed by atoms with van der Waals surface area (Å²) >= 11 is -1.15. The Balaban J connectivity index is 2.65. The summed E-state index contributed by atoms with van der Waals surface area (Å²) in [6.45, 7) is 0. The average molecular weight is 238 g/mol. The number of aromatic nitrogens is 2. The minimum absolute atomic E-state index is 0.0799. The van der Waals surface area contributed by atoms with Crippen molar-refractivity contribution in [1.29, 1.82) is 0 Å². The van der Waals surface area contributed by atoms with Crippen LogP contribution in [0.4, 0.5) is 0 Å². The number of hydrogen-bond acceptors (Lipinski definition) is 3. The lowest BCUT2D eigenvalue weighted by atomic mass is 10.3. The van der Waals surface area contributed by atoms with Gasteiger partial charge in [0, 0.05) is 12.1 Å². The van der Waals surface area contributed by atoms with E-state index in [4.69, 9.17) is 0 Å². The van der Waals surface area contributed by atoms with E-state index in [1.807, 2.05) is 0 Å². The number of nitrogens with zero attached hydrogens (tertiary/aromatic N) is 2. The van der Waals surface area contributed by atoms with Crippen molar-refractivity contribution in [1.82, 2.24) is 0 Å². The molecule has 1 heterocycles. The van der Waals surface area contributed by atoms with E-state index < -0.39 is 11.2 Å². The molecule has 0 aliphatic heterocycles. The minimum atomic E-state index is -1.15. The summed E-state index contributed by atoms with van der Waals surface area (Å²) in [6, 6.07) is 6.51.